The minimum Gasteiger partial charge on any atom is -0.357 e. The zero-order valence-corrected chi connectivity index (χ0v) is 13.3. The van der Waals surface area contributed by atoms with Crippen molar-refractivity contribution in [2.75, 3.05) is 13.1 Å². The lowest BCUT2D eigenvalue weighted by Crippen LogP contribution is -2.50. The quantitative estimate of drug-likeness (QED) is 0.818. The van der Waals surface area contributed by atoms with E-state index in [1.807, 2.05) is 0 Å². The molecule has 0 aliphatic carbocycles. The summed E-state index contributed by atoms with van der Waals surface area (Å²) in [5.74, 6) is 0.893. The van der Waals surface area contributed by atoms with E-state index < -0.39 is 0 Å². The van der Waals surface area contributed by atoms with Crippen molar-refractivity contribution < 1.29 is 0 Å². The SMILES string of the molecule is CC[C@@H]1CC[C@@]2(C)c3[nH]c4ccccc4c3CCCN2C1. The summed E-state index contributed by atoms with van der Waals surface area (Å²) in [7, 11) is 0. The summed E-state index contributed by atoms with van der Waals surface area (Å²) in [6, 6.07) is 8.85. The summed E-state index contributed by atoms with van der Waals surface area (Å²) in [5.41, 5.74) is 4.64. The molecular weight excluding hydrogens is 256 g/mol. The average Bonchev–Trinajstić information content (AvgIpc) is 2.82. The fourth-order valence-electron chi connectivity index (χ4n) is 4.57. The molecular formula is C19H26N2. The summed E-state index contributed by atoms with van der Waals surface area (Å²) in [6.45, 7) is 7.35. The molecule has 0 bridgehead atoms. The van der Waals surface area contributed by atoms with Crippen LogP contribution in [0.4, 0.5) is 0 Å². The van der Waals surface area contributed by atoms with Crippen molar-refractivity contribution in [3.05, 3.63) is 35.5 Å². The molecule has 3 heterocycles. The van der Waals surface area contributed by atoms with Gasteiger partial charge in [-0.15, -0.1) is 0 Å². The van der Waals surface area contributed by atoms with Crippen LogP contribution in [0.15, 0.2) is 24.3 Å². The average molecular weight is 282 g/mol. The highest BCUT2D eigenvalue weighted by Crippen LogP contribution is 2.44. The van der Waals surface area contributed by atoms with Gasteiger partial charge in [0.25, 0.3) is 0 Å². The van der Waals surface area contributed by atoms with E-state index in [0.29, 0.717) is 0 Å². The molecule has 0 radical (unpaired) electrons. The third-order valence-corrected chi connectivity index (χ3v) is 6.00. The summed E-state index contributed by atoms with van der Waals surface area (Å²) in [6.07, 6.45) is 6.51. The van der Waals surface area contributed by atoms with Crippen LogP contribution in [-0.2, 0) is 12.0 Å². The van der Waals surface area contributed by atoms with E-state index in [4.69, 9.17) is 0 Å². The molecule has 2 atom stereocenters. The van der Waals surface area contributed by atoms with Crippen molar-refractivity contribution in [3.63, 3.8) is 0 Å². The van der Waals surface area contributed by atoms with Crippen LogP contribution >= 0.6 is 0 Å². The van der Waals surface area contributed by atoms with Crippen molar-refractivity contribution in [1.29, 1.82) is 0 Å². The van der Waals surface area contributed by atoms with Crippen molar-refractivity contribution in [1.82, 2.24) is 9.88 Å². The Labute approximate surface area is 127 Å². The summed E-state index contributed by atoms with van der Waals surface area (Å²) < 4.78 is 0. The highest BCUT2D eigenvalue weighted by molar-refractivity contribution is 5.85. The Bertz CT molecular complexity index is 657. The number of aromatic amines is 1. The first-order valence-electron chi connectivity index (χ1n) is 8.57. The van der Waals surface area contributed by atoms with Gasteiger partial charge in [0.1, 0.15) is 0 Å². The number of H-pyrrole nitrogens is 1. The third-order valence-electron chi connectivity index (χ3n) is 6.00. The normalized spacial score (nSPS) is 29.9. The van der Waals surface area contributed by atoms with E-state index in [1.54, 1.807) is 5.56 Å². The maximum atomic E-state index is 3.79. The predicted molar refractivity (Wildman–Crippen MR) is 88.6 cm³/mol. The van der Waals surface area contributed by atoms with Crippen LogP contribution in [0.1, 0.15) is 50.8 Å². The molecule has 1 aromatic carbocycles. The van der Waals surface area contributed by atoms with Crippen LogP contribution < -0.4 is 0 Å². The number of nitrogens with one attached hydrogen (secondary N) is 1. The lowest BCUT2D eigenvalue weighted by Gasteiger charge is -2.46. The number of fused-ring (bicyclic) bond motifs is 5. The Balaban J connectivity index is 1.84. The number of para-hydroxylation sites is 1. The number of aromatic nitrogens is 1. The second-order valence-corrected chi connectivity index (χ2v) is 7.16. The summed E-state index contributed by atoms with van der Waals surface area (Å²) in [5, 5.41) is 1.45. The van der Waals surface area contributed by atoms with Gasteiger partial charge in [0.15, 0.2) is 0 Å². The Morgan fingerprint density at radius 2 is 2.19 bits per heavy atom. The maximum Gasteiger partial charge on any atom is 0.0586 e. The summed E-state index contributed by atoms with van der Waals surface area (Å²) in [4.78, 5) is 6.56. The highest BCUT2D eigenvalue weighted by atomic mass is 15.2. The predicted octanol–water partition coefficient (Wildman–Crippen LogP) is 4.45. The number of piperidine rings is 1. The molecule has 1 saturated heterocycles. The van der Waals surface area contributed by atoms with E-state index in [1.165, 1.54) is 61.8 Å². The molecule has 2 heteroatoms. The van der Waals surface area contributed by atoms with Crippen LogP contribution in [0.25, 0.3) is 10.9 Å². The van der Waals surface area contributed by atoms with E-state index >= 15 is 0 Å². The number of aryl methyl sites for hydroxylation is 1. The number of hydrogen-bond donors (Lipinski definition) is 1. The number of rotatable bonds is 1. The molecule has 4 rings (SSSR count). The monoisotopic (exact) mass is 282 g/mol. The molecule has 112 valence electrons. The number of nitrogens with zero attached hydrogens (tertiary/aromatic N) is 1. The lowest BCUT2D eigenvalue weighted by molar-refractivity contribution is 0.0283. The Hall–Kier alpha value is -1.28. The van der Waals surface area contributed by atoms with Gasteiger partial charge in [-0.3, -0.25) is 4.90 Å². The molecule has 0 spiro atoms. The van der Waals surface area contributed by atoms with Gasteiger partial charge in [-0.05, 0) is 56.7 Å². The zero-order chi connectivity index (χ0) is 14.4. The summed E-state index contributed by atoms with van der Waals surface area (Å²) >= 11 is 0. The second-order valence-electron chi connectivity index (χ2n) is 7.16. The van der Waals surface area contributed by atoms with Crippen LogP contribution in [0, 0.1) is 5.92 Å². The van der Waals surface area contributed by atoms with Gasteiger partial charge in [0.2, 0.25) is 0 Å². The van der Waals surface area contributed by atoms with Gasteiger partial charge in [-0.1, -0.05) is 31.5 Å². The molecule has 2 nitrogen and oxygen atoms in total. The second kappa shape index (κ2) is 4.88. The largest absolute Gasteiger partial charge is 0.357 e. The molecule has 1 N–H and O–H groups in total. The topological polar surface area (TPSA) is 19.0 Å². The van der Waals surface area contributed by atoms with Crippen LogP contribution in [0.2, 0.25) is 0 Å². The fourth-order valence-corrected chi connectivity index (χ4v) is 4.57. The molecule has 21 heavy (non-hydrogen) atoms. The van der Waals surface area contributed by atoms with E-state index in [2.05, 4.69) is 48.0 Å². The molecule has 2 aliphatic heterocycles. The third kappa shape index (κ3) is 1.96. The Kier molecular flexibility index (Phi) is 3.11. The van der Waals surface area contributed by atoms with Crippen molar-refractivity contribution in [3.8, 4) is 0 Å². The lowest BCUT2D eigenvalue weighted by atomic mass is 9.79. The first-order valence-corrected chi connectivity index (χ1v) is 8.57. The molecule has 0 unspecified atom stereocenters. The minimum absolute atomic E-state index is 0.219. The minimum atomic E-state index is 0.219. The van der Waals surface area contributed by atoms with Gasteiger partial charge >= 0.3 is 0 Å². The number of hydrogen-bond acceptors (Lipinski definition) is 1. The Morgan fingerprint density at radius 3 is 3.05 bits per heavy atom. The first-order chi connectivity index (χ1) is 10.2. The fraction of sp³-hybridized carbons (Fsp3) is 0.579. The van der Waals surface area contributed by atoms with Crippen LogP contribution in [0.5, 0.6) is 0 Å². The van der Waals surface area contributed by atoms with Crippen LogP contribution in [0.3, 0.4) is 0 Å². The highest BCUT2D eigenvalue weighted by Gasteiger charge is 2.42. The standard InChI is InChI=1S/C19H26N2/c1-3-14-10-11-19(2)18-16(8-6-12-21(19)13-14)15-7-4-5-9-17(15)20-18/h4-5,7,9,14,20H,3,6,8,10-13H2,1-2H3/t14-,19+/m1/s1. The molecule has 0 amide bonds. The van der Waals surface area contributed by atoms with Gasteiger partial charge in [-0.25, -0.2) is 0 Å². The zero-order valence-electron chi connectivity index (χ0n) is 13.3. The van der Waals surface area contributed by atoms with E-state index in [-0.39, 0.29) is 5.54 Å². The first kappa shape index (κ1) is 13.4. The van der Waals surface area contributed by atoms with Crippen molar-refractivity contribution >= 4 is 10.9 Å². The van der Waals surface area contributed by atoms with Crippen molar-refractivity contribution in [2.45, 2.75) is 51.5 Å². The molecule has 0 saturated carbocycles. The van der Waals surface area contributed by atoms with E-state index in [9.17, 15) is 0 Å². The number of benzene rings is 1. The van der Waals surface area contributed by atoms with Gasteiger partial charge < -0.3 is 4.98 Å². The van der Waals surface area contributed by atoms with Gasteiger partial charge in [-0.2, -0.15) is 0 Å². The molecule has 2 aromatic rings. The van der Waals surface area contributed by atoms with Crippen molar-refractivity contribution in [2.24, 2.45) is 5.92 Å². The van der Waals surface area contributed by atoms with E-state index in [0.717, 1.165) is 5.92 Å². The Morgan fingerprint density at radius 1 is 1.33 bits per heavy atom. The van der Waals surface area contributed by atoms with Gasteiger partial charge in [0.05, 0.1) is 5.54 Å². The molecule has 1 fully saturated rings. The molecule has 2 aliphatic rings. The van der Waals surface area contributed by atoms with Gasteiger partial charge in [0, 0.05) is 23.1 Å². The van der Waals surface area contributed by atoms with Crippen LogP contribution in [-0.4, -0.2) is 23.0 Å². The smallest absolute Gasteiger partial charge is 0.0586 e. The maximum absolute atomic E-state index is 3.79. The molecule has 1 aromatic heterocycles.